The van der Waals surface area contributed by atoms with Crippen molar-refractivity contribution in [3.63, 3.8) is 0 Å². The lowest BCUT2D eigenvalue weighted by atomic mass is 10.3. The standard InChI is InChI=1S/C10H11NO/c1-2-3-8-12-10-7-5-4-6-9(10)11/h4-7H,8,11H2,1H3. The van der Waals surface area contributed by atoms with Gasteiger partial charge in [0.2, 0.25) is 0 Å². The number of nitrogen functional groups attached to an aromatic ring is 1. The van der Waals surface area contributed by atoms with Crippen molar-refractivity contribution in [1.29, 1.82) is 0 Å². The smallest absolute Gasteiger partial charge is 0.149 e. The summed E-state index contributed by atoms with van der Waals surface area (Å²) >= 11 is 0. The third kappa shape index (κ3) is 2.21. The van der Waals surface area contributed by atoms with Crippen LogP contribution in [0, 0.1) is 11.8 Å². The summed E-state index contributed by atoms with van der Waals surface area (Å²) in [6.45, 7) is 2.17. The van der Waals surface area contributed by atoms with Gasteiger partial charge in [0.05, 0.1) is 5.69 Å². The van der Waals surface area contributed by atoms with Gasteiger partial charge < -0.3 is 10.5 Å². The van der Waals surface area contributed by atoms with E-state index < -0.39 is 0 Å². The number of nitrogens with two attached hydrogens (primary N) is 1. The van der Waals surface area contributed by atoms with E-state index in [2.05, 4.69) is 11.8 Å². The van der Waals surface area contributed by atoms with Gasteiger partial charge in [0, 0.05) is 0 Å². The molecule has 0 saturated carbocycles. The van der Waals surface area contributed by atoms with Crippen LogP contribution in [0.3, 0.4) is 0 Å². The average Bonchev–Trinajstić information content (AvgIpc) is 2.09. The molecule has 2 N–H and O–H groups in total. The number of hydrogen-bond acceptors (Lipinski definition) is 2. The number of hydrogen-bond donors (Lipinski definition) is 1. The fourth-order valence-corrected chi connectivity index (χ4v) is 0.798. The lowest BCUT2D eigenvalue weighted by molar-refractivity contribution is 0.372. The predicted octanol–water partition coefficient (Wildman–Crippen LogP) is 1.67. The molecule has 0 spiro atoms. The summed E-state index contributed by atoms with van der Waals surface area (Å²) < 4.78 is 5.28. The molecule has 0 heterocycles. The van der Waals surface area contributed by atoms with E-state index in [1.54, 1.807) is 13.0 Å². The molecule has 1 aromatic carbocycles. The van der Waals surface area contributed by atoms with Gasteiger partial charge in [-0.2, -0.15) is 0 Å². The van der Waals surface area contributed by atoms with E-state index in [0.717, 1.165) is 0 Å². The zero-order valence-corrected chi connectivity index (χ0v) is 7.00. The topological polar surface area (TPSA) is 35.2 Å². The van der Waals surface area contributed by atoms with Gasteiger partial charge in [-0.1, -0.05) is 18.1 Å². The zero-order chi connectivity index (χ0) is 8.81. The first-order valence-corrected chi connectivity index (χ1v) is 3.71. The molecule has 0 unspecified atom stereocenters. The van der Waals surface area contributed by atoms with Crippen LogP contribution in [0.4, 0.5) is 5.69 Å². The van der Waals surface area contributed by atoms with Crippen molar-refractivity contribution in [3.05, 3.63) is 24.3 Å². The second kappa shape index (κ2) is 4.30. The van der Waals surface area contributed by atoms with Crippen LogP contribution in [0.5, 0.6) is 5.75 Å². The summed E-state index contributed by atoms with van der Waals surface area (Å²) in [6, 6.07) is 7.38. The van der Waals surface area contributed by atoms with E-state index >= 15 is 0 Å². The molecule has 0 atom stereocenters. The van der Waals surface area contributed by atoms with Gasteiger partial charge in [-0.15, -0.1) is 5.92 Å². The zero-order valence-electron chi connectivity index (χ0n) is 7.00. The lowest BCUT2D eigenvalue weighted by Crippen LogP contribution is -1.97. The highest BCUT2D eigenvalue weighted by molar-refractivity contribution is 5.51. The number of anilines is 1. The molecule has 0 amide bonds. The van der Waals surface area contributed by atoms with E-state index in [-0.39, 0.29) is 0 Å². The van der Waals surface area contributed by atoms with E-state index in [0.29, 0.717) is 18.0 Å². The van der Waals surface area contributed by atoms with Crippen LogP contribution in [0.2, 0.25) is 0 Å². The Morgan fingerprint density at radius 2 is 2.17 bits per heavy atom. The Morgan fingerprint density at radius 3 is 2.83 bits per heavy atom. The molecule has 62 valence electrons. The molecule has 0 aliphatic rings. The van der Waals surface area contributed by atoms with Crippen LogP contribution < -0.4 is 10.5 Å². The average molecular weight is 161 g/mol. The van der Waals surface area contributed by atoms with Crippen molar-refractivity contribution in [3.8, 4) is 17.6 Å². The molecular weight excluding hydrogens is 150 g/mol. The van der Waals surface area contributed by atoms with Crippen LogP contribution in [-0.2, 0) is 0 Å². The van der Waals surface area contributed by atoms with Crippen molar-refractivity contribution in [2.45, 2.75) is 6.92 Å². The summed E-state index contributed by atoms with van der Waals surface area (Å²) in [5, 5.41) is 0. The van der Waals surface area contributed by atoms with Crippen molar-refractivity contribution in [2.24, 2.45) is 0 Å². The molecule has 2 nitrogen and oxygen atoms in total. The van der Waals surface area contributed by atoms with Gasteiger partial charge in [0.1, 0.15) is 12.4 Å². The van der Waals surface area contributed by atoms with Gasteiger partial charge in [-0.25, -0.2) is 0 Å². The van der Waals surface area contributed by atoms with E-state index in [1.165, 1.54) is 0 Å². The molecule has 1 aromatic rings. The molecule has 0 aliphatic heterocycles. The highest BCUT2D eigenvalue weighted by atomic mass is 16.5. The van der Waals surface area contributed by atoms with E-state index in [4.69, 9.17) is 10.5 Å². The van der Waals surface area contributed by atoms with E-state index in [1.807, 2.05) is 18.2 Å². The Bertz CT molecular complexity index is 309. The summed E-state index contributed by atoms with van der Waals surface area (Å²) in [4.78, 5) is 0. The van der Waals surface area contributed by atoms with Gasteiger partial charge in [-0.05, 0) is 19.1 Å². The van der Waals surface area contributed by atoms with E-state index in [9.17, 15) is 0 Å². The lowest BCUT2D eigenvalue weighted by Gasteiger charge is -2.03. The second-order valence-corrected chi connectivity index (χ2v) is 2.25. The van der Waals surface area contributed by atoms with Crippen LogP contribution in [0.1, 0.15) is 6.92 Å². The quantitative estimate of drug-likeness (QED) is 0.529. The molecule has 0 fully saturated rings. The largest absolute Gasteiger partial charge is 0.479 e. The Labute approximate surface area is 72.3 Å². The highest BCUT2D eigenvalue weighted by Crippen LogP contribution is 2.18. The van der Waals surface area contributed by atoms with Crippen molar-refractivity contribution >= 4 is 5.69 Å². The summed E-state index contributed by atoms with van der Waals surface area (Å²) in [7, 11) is 0. The molecule has 0 saturated heterocycles. The fourth-order valence-electron chi connectivity index (χ4n) is 0.798. The first-order valence-electron chi connectivity index (χ1n) is 3.71. The molecule has 12 heavy (non-hydrogen) atoms. The molecule has 0 bridgehead atoms. The maximum atomic E-state index is 5.63. The number of ether oxygens (including phenoxy) is 1. The van der Waals surface area contributed by atoms with Gasteiger partial charge in [0.15, 0.2) is 0 Å². The van der Waals surface area contributed by atoms with Crippen LogP contribution in [0.15, 0.2) is 24.3 Å². The maximum absolute atomic E-state index is 5.63. The van der Waals surface area contributed by atoms with Crippen LogP contribution in [0.25, 0.3) is 0 Å². The number of para-hydroxylation sites is 2. The minimum atomic E-state index is 0.394. The fraction of sp³-hybridized carbons (Fsp3) is 0.200. The molecule has 0 aromatic heterocycles. The second-order valence-electron chi connectivity index (χ2n) is 2.25. The summed E-state index contributed by atoms with van der Waals surface area (Å²) in [5.41, 5.74) is 6.28. The van der Waals surface area contributed by atoms with Crippen molar-refractivity contribution in [2.75, 3.05) is 12.3 Å². The molecular formula is C10H11NO. The normalized spacial score (nSPS) is 8.42. The minimum Gasteiger partial charge on any atom is -0.479 e. The van der Waals surface area contributed by atoms with Crippen LogP contribution >= 0.6 is 0 Å². The van der Waals surface area contributed by atoms with Crippen LogP contribution in [-0.4, -0.2) is 6.61 Å². The highest BCUT2D eigenvalue weighted by Gasteiger charge is 1.94. The minimum absolute atomic E-state index is 0.394. The Kier molecular flexibility index (Phi) is 3.04. The maximum Gasteiger partial charge on any atom is 0.149 e. The Morgan fingerprint density at radius 1 is 1.42 bits per heavy atom. The molecule has 2 heteroatoms. The van der Waals surface area contributed by atoms with Gasteiger partial charge >= 0.3 is 0 Å². The SMILES string of the molecule is CC#CCOc1ccccc1N. The molecule has 0 aliphatic carbocycles. The monoisotopic (exact) mass is 161 g/mol. The van der Waals surface area contributed by atoms with Crippen molar-refractivity contribution in [1.82, 2.24) is 0 Å². The first-order chi connectivity index (χ1) is 5.84. The number of benzene rings is 1. The molecule has 1 rings (SSSR count). The summed E-state index contributed by atoms with van der Waals surface area (Å²) in [5.74, 6) is 6.23. The Balaban J connectivity index is 2.61. The third-order valence-electron chi connectivity index (χ3n) is 1.40. The predicted molar refractivity (Wildman–Crippen MR) is 49.8 cm³/mol. The van der Waals surface area contributed by atoms with Crippen molar-refractivity contribution < 1.29 is 4.74 Å². The van der Waals surface area contributed by atoms with Gasteiger partial charge in [-0.3, -0.25) is 0 Å². The van der Waals surface area contributed by atoms with Gasteiger partial charge in [0.25, 0.3) is 0 Å². The Hall–Kier alpha value is -1.62. The number of rotatable bonds is 2. The third-order valence-corrected chi connectivity index (χ3v) is 1.40. The molecule has 0 radical (unpaired) electrons. The first kappa shape index (κ1) is 8.48. The summed E-state index contributed by atoms with van der Waals surface area (Å²) in [6.07, 6.45) is 0.